The van der Waals surface area contributed by atoms with E-state index in [1.54, 1.807) is 30.3 Å². The molecule has 0 unspecified atom stereocenters. The van der Waals surface area contributed by atoms with E-state index in [9.17, 15) is 13.2 Å². The Morgan fingerprint density at radius 2 is 1.76 bits per heavy atom. The molecule has 1 heterocycles. The Labute approximate surface area is 178 Å². The summed E-state index contributed by atoms with van der Waals surface area (Å²) in [5.74, 6) is -0.00911. The zero-order valence-electron chi connectivity index (χ0n) is 15.7. The molecule has 9 heteroatoms. The number of hydroxylamine groups is 1. The van der Waals surface area contributed by atoms with Gasteiger partial charge >= 0.3 is 0 Å². The molecule has 1 fully saturated rings. The van der Waals surface area contributed by atoms with Crippen LogP contribution in [0.15, 0.2) is 59.1 Å². The van der Waals surface area contributed by atoms with Crippen molar-refractivity contribution in [2.24, 2.45) is 0 Å². The molecule has 2 N–H and O–H groups in total. The largest absolute Gasteiger partial charge is 0.489 e. The third-order valence-corrected chi connectivity index (χ3v) is 7.82. The first kappa shape index (κ1) is 21.8. The van der Waals surface area contributed by atoms with Crippen molar-refractivity contribution in [3.63, 3.8) is 0 Å². The topological polar surface area (TPSA) is 95.9 Å². The summed E-state index contributed by atoms with van der Waals surface area (Å²) < 4.78 is 34.8. The van der Waals surface area contributed by atoms with E-state index >= 15 is 0 Å². The van der Waals surface area contributed by atoms with Crippen molar-refractivity contribution >= 4 is 31.9 Å². The van der Waals surface area contributed by atoms with Gasteiger partial charge in [0.25, 0.3) is 0 Å². The highest BCUT2D eigenvalue weighted by atomic mass is 79.9. The molecule has 1 aliphatic heterocycles. The van der Waals surface area contributed by atoms with E-state index < -0.39 is 21.2 Å². The van der Waals surface area contributed by atoms with Crippen molar-refractivity contribution in [2.45, 2.75) is 30.6 Å². The average Bonchev–Trinajstić information content (AvgIpc) is 2.74. The van der Waals surface area contributed by atoms with Crippen LogP contribution in [0.3, 0.4) is 0 Å². The monoisotopic (exact) mass is 482 g/mol. The molecule has 7 nitrogen and oxygen atoms in total. The second kappa shape index (κ2) is 9.71. The van der Waals surface area contributed by atoms with Crippen LogP contribution in [0.5, 0.6) is 5.75 Å². The lowest BCUT2D eigenvalue weighted by molar-refractivity contribution is -0.129. The Morgan fingerprint density at radius 1 is 1.14 bits per heavy atom. The highest BCUT2D eigenvalue weighted by Crippen LogP contribution is 2.32. The number of nitrogens with zero attached hydrogens (tertiary/aromatic N) is 1. The van der Waals surface area contributed by atoms with Gasteiger partial charge in [0.2, 0.25) is 15.9 Å². The van der Waals surface area contributed by atoms with Crippen molar-refractivity contribution < 1.29 is 23.2 Å². The second-order valence-corrected chi connectivity index (χ2v) is 9.80. The Balaban J connectivity index is 1.71. The Bertz CT molecular complexity index is 931. The van der Waals surface area contributed by atoms with E-state index in [0.29, 0.717) is 31.5 Å². The molecule has 156 valence electrons. The van der Waals surface area contributed by atoms with Gasteiger partial charge in [-0.15, -0.1) is 0 Å². The predicted molar refractivity (Wildman–Crippen MR) is 112 cm³/mol. The van der Waals surface area contributed by atoms with Gasteiger partial charge in [-0.25, -0.2) is 18.2 Å². The van der Waals surface area contributed by atoms with Crippen molar-refractivity contribution in [3.8, 4) is 5.75 Å². The number of nitrogens with one attached hydrogen (secondary N) is 1. The fourth-order valence-electron chi connectivity index (χ4n) is 3.38. The zero-order chi connectivity index (χ0) is 20.9. The number of carbonyl (C=O) groups is 1. The van der Waals surface area contributed by atoms with Crippen LogP contribution < -0.4 is 10.2 Å². The Kier molecular flexibility index (Phi) is 7.28. The maximum absolute atomic E-state index is 13.3. The molecule has 0 radical (unpaired) electrons. The van der Waals surface area contributed by atoms with Crippen LogP contribution in [0.25, 0.3) is 0 Å². The molecule has 0 spiro atoms. The summed E-state index contributed by atoms with van der Waals surface area (Å²) in [4.78, 5) is 11.7. The van der Waals surface area contributed by atoms with E-state index in [2.05, 4.69) is 15.9 Å². The van der Waals surface area contributed by atoms with E-state index in [4.69, 9.17) is 9.94 Å². The summed E-state index contributed by atoms with van der Waals surface area (Å²) in [7, 11) is -3.79. The van der Waals surface area contributed by atoms with Crippen LogP contribution in [0.1, 0.15) is 30.1 Å². The number of sulfonamides is 1. The highest BCUT2D eigenvalue weighted by Gasteiger charge is 2.37. The molecule has 1 amide bonds. The van der Waals surface area contributed by atoms with Crippen LogP contribution in [0.2, 0.25) is 0 Å². The van der Waals surface area contributed by atoms with Crippen molar-refractivity contribution in [1.29, 1.82) is 0 Å². The number of benzene rings is 2. The first-order chi connectivity index (χ1) is 13.9. The minimum absolute atomic E-state index is 0.0870. The fraction of sp³-hybridized carbons (Fsp3) is 0.350. The summed E-state index contributed by atoms with van der Waals surface area (Å²) in [5.41, 5.74) is 2.05. The van der Waals surface area contributed by atoms with Crippen molar-refractivity contribution in [3.05, 3.63) is 64.6 Å². The number of hydrogen-bond acceptors (Lipinski definition) is 5. The predicted octanol–water partition coefficient (Wildman–Crippen LogP) is 3.26. The van der Waals surface area contributed by atoms with E-state index in [1.807, 2.05) is 24.3 Å². The van der Waals surface area contributed by atoms with Gasteiger partial charge < -0.3 is 4.74 Å². The van der Waals surface area contributed by atoms with Gasteiger partial charge in [-0.1, -0.05) is 42.5 Å². The third-order valence-electron chi connectivity index (χ3n) is 4.92. The molecule has 2 aromatic carbocycles. The Hall–Kier alpha value is -1.94. The molecule has 1 saturated heterocycles. The molecular formula is C20H23BrN2O5S. The van der Waals surface area contributed by atoms with Gasteiger partial charge in [0, 0.05) is 13.1 Å². The normalized spacial score (nSPS) is 16.9. The first-order valence-corrected chi connectivity index (χ1v) is 11.6. The fourth-order valence-corrected chi connectivity index (χ4v) is 5.70. The van der Waals surface area contributed by atoms with Gasteiger partial charge in [0.05, 0.1) is 10.9 Å². The van der Waals surface area contributed by atoms with Crippen molar-refractivity contribution in [2.75, 3.05) is 13.1 Å². The van der Waals surface area contributed by atoms with Crippen molar-refractivity contribution in [1.82, 2.24) is 9.79 Å². The highest BCUT2D eigenvalue weighted by molar-refractivity contribution is 9.10. The average molecular weight is 483 g/mol. The summed E-state index contributed by atoms with van der Waals surface area (Å²) in [6, 6.07) is 16.1. The van der Waals surface area contributed by atoms with Gasteiger partial charge in [0.15, 0.2) is 0 Å². The van der Waals surface area contributed by atoms with E-state index in [1.165, 1.54) is 9.79 Å². The molecule has 0 bridgehead atoms. The van der Waals surface area contributed by atoms with Gasteiger partial charge in [-0.05, 0) is 46.5 Å². The SMILES string of the molecule is O=C(C[C@H](c1ccccc1)S(=O)(=O)N1CCC(Oc2ccccc2Br)CC1)NO. The number of carbonyl (C=O) groups excluding carboxylic acids is 1. The molecule has 1 aliphatic rings. The van der Waals surface area contributed by atoms with Gasteiger partial charge in [0.1, 0.15) is 17.1 Å². The number of hydrogen-bond donors (Lipinski definition) is 2. The minimum atomic E-state index is -3.79. The molecule has 0 saturated carbocycles. The van der Waals surface area contributed by atoms with Crippen LogP contribution in [-0.2, 0) is 14.8 Å². The summed E-state index contributed by atoms with van der Waals surface area (Å²) in [6.07, 6.45) is 0.662. The van der Waals surface area contributed by atoms with Crippen LogP contribution in [0, 0.1) is 0 Å². The molecule has 3 rings (SSSR count). The minimum Gasteiger partial charge on any atom is -0.489 e. The van der Waals surface area contributed by atoms with E-state index in [-0.39, 0.29) is 12.5 Å². The number of rotatable bonds is 7. The van der Waals surface area contributed by atoms with Crippen LogP contribution >= 0.6 is 15.9 Å². The number of para-hydroxylation sites is 1. The van der Waals surface area contributed by atoms with Gasteiger partial charge in [-0.3, -0.25) is 10.0 Å². The van der Waals surface area contributed by atoms with Crippen LogP contribution in [0.4, 0.5) is 0 Å². The van der Waals surface area contributed by atoms with E-state index in [0.717, 1.165) is 10.2 Å². The molecule has 0 aliphatic carbocycles. The number of halogens is 1. The smallest absolute Gasteiger partial charge is 0.245 e. The first-order valence-electron chi connectivity index (χ1n) is 9.30. The third kappa shape index (κ3) is 5.36. The zero-order valence-corrected chi connectivity index (χ0v) is 18.1. The molecule has 0 aromatic heterocycles. The lowest BCUT2D eigenvalue weighted by Crippen LogP contribution is -2.44. The standard InChI is InChI=1S/C20H23BrN2O5S/c21-17-8-4-5-9-18(17)28-16-10-12-23(13-11-16)29(26,27)19(14-20(24)22-25)15-6-2-1-3-7-15/h1-9,16,19,25H,10-14H2,(H,22,24)/t19-/m1/s1. The molecule has 29 heavy (non-hydrogen) atoms. The summed E-state index contributed by atoms with van der Waals surface area (Å²) >= 11 is 3.45. The number of amides is 1. The second-order valence-electron chi connectivity index (χ2n) is 6.83. The lowest BCUT2D eigenvalue weighted by atomic mass is 10.1. The maximum Gasteiger partial charge on any atom is 0.245 e. The summed E-state index contributed by atoms with van der Waals surface area (Å²) in [5, 5.41) is 7.82. The quantitative estimate of drug-likeness (QED) is 0.466. The Morgan fingerprint density at radius 3 is 2.38 bits per heavy atom. The molecular weight excluding hydrogens is 460 g/mol. The maximum atomic E-state index is 13.3. The lowest BCUT2D eigenvalue weighted by Gasteiger charge is -2.34. The molecule has 1 atom stereocenters. The van der Waals surface area contributed by atoms with Crippen LogP contribution in [-0.4, -0.2) is 43.0 Å². The van der Waals surface area contributed by atoms with Gasteiger partial charge in [-0.2, -0.15) is 0 Å². The summed E-state index contributed by atoms with van der Waals surface area (Å²) in [6.45, 7) is 0.614. The molecule has 2 aromatic rings. The number of piperidine rings is 1. The number of ether oxygens (including phenoxy) is 1.